The second-order valence-electron chi connectivity index (χ2n) is 24.3. The van der Waals surface area contributed by atoms with E-state index in [2.05, 4.69) is 29.2 Å². The largest absolute Gasteiger partial charge is 0.481 e. The van der Waals surface area contributed by atoms with Crippen molar-refractivity contribution in [1.29, 1.82) is 0 Å². The van der Waals surface area contributed by atoms with Crippen LogP contribution < -0.4 is 10.6 Å². The molecule has 27 nitrogen and oxygen atoms in total. The summed E-state index contributed by atoms with van der Waals surface area (Å²) in [6.07, 6.45) is 40.1. The van der Waals surface area contributed by atoms with Crippen LogP contribution in [0.3, 0.4) is 0 Å². The van der Waals surface area contributed by atoms with Gasteiger partial charge >= 0.3 is 65.7 Å². The summed E-state index contributed by atoms with van der Waals surface area (Å²) in [5.41, 5.74) is 0. The molecule has 0 spiro atoms. The second-order valence-corrected chi connectivity index (χ2v) is 28.2. The number of carboxylic acid groups (broad SMARTS) is 8. The Morgan fingerprint density at radius 1 is 0.333 bits per heavy atom. The third-order valence-electron chi connectivity index (χ3n) is 15.4. The fraction of sp³-hybridized carbons (Fsp3) is 0.803. The Bertz CT molecular complexity index is 2150. The van der Waals surface area contributed by atoms with Crippen molar-refractivity contribution in [2.45, 2.75) is 294 Å². The van der Waals surface area contributed by atoms with Crippen LogP contribution in [0.2, 0.25) is 0 Å². The molecule has 0 fully saturated rings. The number of carbonyl (C=O) groups excluding carboxylic acids is 6. The Morgan fingerprint density at radius 3 is 0.824 bits per heavy atom. The van der Waals surface area contributed by atoms with Crippen LogP contribution in [0, 0.1) is 11.8 Å². The van der Waals surface area contributed by atoms with Crippen LogP contribution in [-0.4, -0.2) is 204 Å². The minimum absolute atomic E-state index is 0.0245. The molecule has 0 aliphatic heterocycles. The van der Waals surface area contributed by atoms with E-state index in [0.717, 1.165) is 49.5 Å². The summed E-state index contributed by atoms with van der Waals surface area (Å²) in [7, 11) is 1.34. The van der Waals surface area contributed by atoms with Crippen LogP contribution >= 0.6 is 47.0 Å². The smallest absolute Gasteiger partial charge is 0.317 e. The molecule has 0 heterocycles. The molecule has 0 aromatic carbocycles. The maximum absolute atomic E-state index is 12.2. The fourth-order valence-corrected chi connectivity index (χ4v) is 11.6. The highest BCUT2D eigenvalue weighted by Crippen LogP contribution is 2.21. The Hall–Kier alpha value is -5.82. The number of Topliss-reactive ketones (excluding diaryl/α,β-unsaturated/α-hetero) is 1. The average molecular weight is 1540 g/mol. The lowest BCUT2D eigenvalue weighted by molar-refractivity contribution is -0.168. The second kappa shape index (κ2) is 74.9. The molecular formula is C71H126N2O25S4. The van der Waals surface area contributed by atoms with E-state index in [-0.39, 0.29) is 60.8 Å². The predicted molar refractivity (Wildman–Crippen MR) is 399 cm³/mol. The predicted octanol–water partition coefficient (Wildman–Crippen LogP) is 13.1. The normalized spacial score (nSPS) is 12.2. The Kier molecular flexibility index (Phi) is 76.9. The molecule has 2 amide bonds. The van der Waals surface area contributed by atoms with E-state index >= 15 is 0 Å². The lowest BCUT2D eigenvalue weighted by Crippen LogP contribution is -2.40. The molecule has 594 valence electrons. The van der Waals surface area contributed by atoms with Crippen LogP contribution in [0.4, 0.5) is 0 Å². The van der Waals surface area contributed by atoms with E-state index in [1.165, 1.54) is 198 Å². The topological polar surface area (TPSA) is 453 Å². The van der Waals surface area contributed by atoms with Crippen molar-refractivity contribution in [3.63, 3.8) is 0 Å². The fourth-order valence-electron chi connectivity index (χ4n) is 9.39. The molecule has 0 aromatic heterocycles. The van der Waals surface area contributed by atoms with Gasteiger partial charge in [0.15, 0.2) is 0 Å². The maximum atomic E-state index is 12.2. The zero-order valence-electron chi connectivity index (χ0n) is 62.0. The summed E-state index contributed by atoms with van der Waals surface area (Å²) in [6, 6.07) is 0. The number of ether oxygens (including phenoxy) is 3. The van der Waals surface area contributed by atoms with Gasteiger partial charge in [-0.05, 0) is 37.9 Å². The average Bonchev–Trinajstić information content (AvgIpc) is 0.879. The summed E-state index contributed by atoms with van der Waals surface area (Å²) in [5.74, 6) is -14.9. The third-order valence-corrected chi connectivity index (χ3v) is 18.6. The number of methoxy groups -OCH3 is 1. The van der Waals surface area contributed by atoms with E-state index in [1.54, 1.807) is 25.0 Å². The standard InChI is InChI=1S/C22H43NO2.C21H41NO3.C18H26O12S2.2C5H8O4S/c1-3-5-6-7-8-9-10-11-12-13-14-15-16-17-20-23-22(25)19-18-21(24)4-2;1-3-4-5-6-7-8-9-10-11-12-13-14-15-16-19-22-20(23)17-18-21(24)25-2;1-31-7-11(29-15(23)5-9(17(25)26)3-13(19)20)12(8-32-2)30-16(24)6-10(18(27)28)4-14(21)22;2*1-10-3(5(8)9)2-4(6)7/h3-20H2,1-2H3,(H,23,25);3-19H2,1-2H3,(H,22,23);9-12H,3-8H2,1-2H3,(H,19,20)(H,21,22)(H,25,26)(H,27,28);2*3H,2H2,1H3,(H,6,7)(H,8,9). The molecule has 31 heteroatoms. The summed E-state index contributed by atoms with van der Waals surface area (Å²) >= 11 is 4.52. The van der Waals surface area contributed by atoms with E-state index < -0.39 is 120 Å². The van der Waals surface area contributed by atoms with Gasteiger partial charge in [0.25, 0.3) is 0 Å². The van der Waals surface area contributed by atoms with Gasteiger partial charge in [0.2, 0.25) is 11.8 Å². The van der Waals surface area contributed by atoms with Crippen molar-refractivity contribution in [3.8, 4) is 0 Å². The monoisotopic (exact) mass is 1530 g/mol. The van der Waals surface area contributed by atoms with Gasteiger partial charge in [-0.2, -0.15) is 23.5 Å². The molecule has 0 aromatic rings. The number of esters is 3. The lowest BCUT2D eigenvalue weighted by atomic mass is 10.0. The number of ketones is 1. The first-order valence-corrected chi connectivity index (χ1v) is 41.2. The molecule has 0 aliphatic carbocycles. The van der Waals surface area contributed by atoms with Crippen LogP contribution in [0.25, 0.3) is 0 Å². The van der Waals surface area contributed by atoms with Gasteiger partial charge in [0, 0.05) is 50.3 Å². The Labute approximate surface area is 622 Å². The number of unbranched alkanes of at least 4 members (excludes halogenated alkanes) is 26. The summed E-state index contributed by atoms with van der Waals surface area (Å²) in [5, 5.41) is 72.9. The molecule has 6 unspecified atom stereocenters. The highest BCUT2D eigenvalue weighted by atomic mass is 32.2. The number of carboxylic acids is 8. The van der Waals surface area contributed by atoms with Crippen LogP contribution in [0.1, 0.15) is 271 Å². The minimum Gasteiger partial charge on any atom is -0.481 e. The van der Waals surface area contributed by atoms with E-state index in [4.69, 9.17) is 50.3 Å². The quantitative estimate of drug-likeness (QED) is 0.0154. The van der Waals surface area contributed by atoms with Gasteiger partial charge in [-0.3, -0.25) is 67.1 Å². The minimum atomic E-state index is -1.50. The molecule has 10 N–H and O–H groups in total. The highest BCUT2D eigenvalue weighted by molar-refractivity contribution is 8.00. The number of carbonyl (C=O) groups is 14. The van der Waals surface area contributed by atoms with Gasteiger partial charge in [0.05, 0.1) is 63.9 Å². The number of amides is 2. The Balaban J connectivity index is -0.000000408. The lowest BCUT2D eigenvalue weighted by Gasteiger charge is -2.27. The molecule has 0 saturated heterocycles. The van der Waals surface area contributed by atoms with E-state index in [1.807, 2.05) is 6.92 Å². The van der Waals surface area contributed by atoms with Crippen molar-refractivity contribution in [2.24, 2.45) is 11.8 Å². The maximum Gasteiger partial charge on any atom is 0.317 e. The molecule has 0 aliphatic rings. The molecular weight excluding hydrogens is 1410 g/mol. The molecule has 102 heavy (non-hydrogen) atoms. The SMILES string of the molecule is CCCCCCCCCCCCCCCCNC(=O)CCC(=O)CC.CCCCCCCCCCCCCCCCNC(=O)CCC(=O)OC.CSC(CC(=O)O)C(=O)O.CSC(CC(=O)O)C(=O)O.CSCC(OC(=O)CC(CC(=O)O)C(=O)O)C(CSC)OC(=O)CC(CC(=O)O)C(=O)O. The van der Waals surface area contributed by atoms with Gasteiger partial charge in [-0.25, -0.2) is 0 Å². The van der Waals surface area contributed by atoms with Gasteiger partial charge in [-0.1, -0.05) is 188 Å². The highest BCUT2D eigenvalue weighted by Gasteiger charge is 2.33. The molecule has 0 radical (unpaired) electrons. The van der Waals surface area contributed by atoms with Gasteiger partial charge in [0.1, 0.15) is 28.5 Å². The number of aliphatic carboxylic acids is 8. The number of nitrogens with one attached hydrogen (secondary N) is 2. The zero-order chi connectivity index (χ0) is 78.3. The molecule has 0 saturated carbocycles. The summed E-state index contributed by atoms with van der Waals surface area (Å²) in [6.45, 7) is 7.86. The van der Waals surface area contributed by atoms with E-state index in [9.17, 15) is 67.1 Å². The molecule has 6 atom stereocenters. The van der Waals surface area contributed by atoms with Gasteiger partial charge in [-0.15, -0.1) is 23.5 Å². The van der Waals surface area contributed by atoms with Crippen LogP contribution in [0.15, 0.2) is 0 Å². The zero-order valence-corrected chi connectivity index (χ0v) is 65.3. The van der Waals surface area contributed by atoms with Crippen molar-refractivity contribution >= 4 is 130 Å². The van der Waals surface area contributed by atoms with Crippen molar-refractivity contribution in [3.05, 3.63) is 0 Å². The summed E-state index contributed by atoms with van der Waals surface area (Å²) in [4.78, 5) is 154. The van der Waals surface area contributed by atoms with Gasteiger partial charge < -0.3 is 65.7 Å². The van der Waals surface area contributed by atoms with Crippen molar-refractivity contribution < 1.29 is 122 Å². The number of hydrogen-bond donors (Lipinski definition) is 10. The van der Waals surface area contributed by atoms with Crippen LogP contribution in [-0.2, 0) is 81.3 Å². The van der Waals surface area contributed by atoms with E-state index in [0.29, 0.717) is 19.3 Å². The first-order chi connectivity index (χ1) is 48.5. The summed E-state index contributed by atoms with van der Waals surface area (Å²) < 4.78 is 15.1. The third kappa shape index (κ3) is 75.3. The van der Waals surface area contributed by atoms with Crippen molar-refractivity contribution in [1.82, 2.24) is 10.6 Å². The Morgan fingerprint density at radius 2 is 0.608 bits per heavy atom. The number of thioether (sulfide) groups is 4. The number of rotatable bonds is 62. The first kappa shape index (κ1) is 105. The first-order valence-electron chi connectivity index (χ1n) is 35.8. The van der Waals surface area contributed by atoms with Crippen molar-refractivity contribution in [2.75, 3.05) is 56.7 Å². The molecule has 0 bridgehead atoms. The van der Waals surface area contributed by atoms with Crippen LogP contribution in [0.5, 0.6) is 0 Å². The molecule has 0 rings (SSSR count). The number of hydrogen-bond acceptors (Lipinski definition) is 21.